The molecule has 2 N–H and O–H groups in total. The zero-order chi connectivity index (χ0) is 15.6. The molecule has 0 aliphatic carbocycles. The number of esters is 1. The van der Waals surface area contributed by atoms with Gasteiger partial charge in [-0.2, -0.15) is 5.10 Å². The van der Waals surface area contributed by atoms with Gasteiger partial charge in [0.15, 0.2) is 0 Å². The van der Waals surface area contributed by atoms with Gasteiger partial charge >= 0.3 is 5.97 Å². The Bertz CT molecular complexity index is 685. The largest absolute Gasteiger partial charge is 0.456 e. The number of aryl methyl sites for hydroxylation is 2. The maximum atomic E-state index is 12.1. The highest BCUT2D eigenvalue weighted by atomic mass is 79.9. The van der Waals surface area contributed by atoms with Gasteiger partial charge in [0.25, 0.3) is 0 Å². The third-order valence-corrected chi connectivity index (χ3v) is 4.42. The van der Waals surface area contributed by atoms with Gasteiger partial charge in [-0.05, 0) is 41.9 Å². The number of nitrogen functional groups attached to an aromatic ring is 1. The molecule has 1 aromatic heterocycles. The predicted octanol–water partition coefficient (Wildman–Crippen LogP) is 3.57. The van der Waals surface area contributed by atoms with Gasteiger partial charge in [-0.15, -0.1) is 0 Å². The molecule has 0 spiro atoms. The molecule has 0 aliphatic heterocycles. The second-order valence-corrected chi connectivity index (χ2v) is 5.62. The first-order valence-electron chi connectivity index (χ1n) is 6.38. The maximum absolute atomic E-state index is 12.1. The SMILES string of the molecule is CCn1nc(C)c(Cl)c1COC(=O)c1cccc(N)c1Br. The lowest BCUT2D eigenvalue weighted by molar-refractivity contribution is 0.0461. The van der Waals surface area contributed by atoms with Gasteiger partial charge in [0, 0.05) is 12.2 Å². The predicted molar refractivity (Wildman–Crippen MR) is 85.3 cm³/mol. The molecular weight excluding hydrogens is 358 g/mol. The summed E-state index contributed by atoms with van der Waals surface area (Å²) in [6.45, 7) is 4.48. The first kappa shape index (κ1) is 15.9. The molecule has 1 aromatic carbocycles. The molecule has 112 valence electrons. The van der Waals surface area contributed by atoms with Crippen molar-refractivity contribution >= 4 is 39.2 Å². The number of nitrogens with zero attached hydrogens (tertiary/aromatic N) is 2. The van der Waals surface area contributed by atoms with Crippen molar-refractivity contribution in [1.29, 1.82) is 0 Å². The molecule has 0 radical (unpaired) electrons. The summed E-state index contributed by atoms with van der Waals surface area (Å²) in [5.74, 6) is -0.466. The molecular formula is C14H15BrClN3O2. The summed E-state index contributed by atoms with van der Waals surface area (Å²) >= 11 is 9.46. The van der Waals surface area contributed by atoms with Crippen molar-refractivity contribution in [3.05, 3.63) is 44.6 Å². The number of hydrogen-bond acceptors (Lipinski definition) is 4. The number of benzene rings is 1. The summed E-state index contributed by atoms with van der Waals surface area (Å²) in [7, 11) is 0. The molecule has 0 fully saturated rings. The summed E-state index contributed by atoms with van der Waals surface area (Å²) in [6, 6.07) is 5.05. The number of carbonyl (C=O) groups excluding carboxylic acids is 1. The van der Waals surface area contributed by atoms with Crippen molar-refractivity contribution in [3.8, 4) is 0 Å². The van der Waals surface area contributed by atoms with Crippen molar-refractivity contribution in [1.82, 2.24) is 9.78 Å². The molecule has 1 heterocycles. The normalized spacial score (nSPS) is 10.7. The van der Waals surface area contributed by atoms with Gasteiger partial charge in [-0.3, -0.25) is 4.68 Å². The first-order chi connectivity index (χ1) is 9.95. The first-order valence-corrected chi connectivity index (χ1v) is 7.55. The van der Waals surface area contributed by atoms with E-state index >= 15 is 0 Å². The summed E-state index contributed by atoms with van der Waals surface area (Å²) in [6.07, 6.45) is 0. The van der Waals surface area contributed by atoms with Gasteiger partial charge in [0.05, 0.1) is 26.4 Å². The van der Waals surface area contributed by atoms with Crippen molar-refractivity contribution in [2.75, 3.05) is 5.73 Å². The van der Waals surface area contributed by atoms with Crippen LogP contribution in [0.25, 0.3) is 0 Å². The fourth-order valence-corrected chi connectivity index (χ4v) is 2.54. The number of nitrogens with two attached hydrogens (primary N) is 1. The molecule has 0 saturated carbocycles. The van der Waals surface area contributed by atoms with Crippen molar-refractivity contribution in [2.45, 2.75) is 27.0 Å². The molecule has 0 saturated heterocycles. The van der Waals surface area contributed by atoms with Crippen molar-refractivity contribution < 1.29 is 9.53 Å². The van der Waals surface area contributed by atoms with Crippen LogP contribution < -0.4 is 5.73 Å². The Hall–Kier alpha value is -1.53. The minimum Gasteiger partial charge on any atom is -0.456 e. The van der Waals surface area contributed by atoms with Crippen molar-refractivity contribution in [3.63, 3.8) is 0 Å². The summed E-state index contributed by atoms with van der Waals surface area (Å²) in [5.41, 5.74) is 8.01. The van der Waals surface area contributed by atoms with Crippen LogP contribution in [0, 0.1) is 6.92 Å². The lowest BCUT2D eigenvalue weighted by Gasteiger charge is -2.09. The monoisotopic (exact) mass is 371 g/mol. The van der Waals surface area contributed by atoms with E-state index in [1.54, 1.807) is 22.9 Å². The Kier molecular flexibility index (Phi) is 4.90. The zero-order valence-corrected chi connectivity index (χ0v) is 14.0. The van der Waals surface area contributed by atoms with Crippen LogP contribution in [0.5, 0.6) is 0 Å². The second-order valence-electron chi connectivity index (χ2n) is 4.45. The van der Waals surface area contributed by atoms with Crippen LogP contribution >= 0.6 is 27.5 Å². The highest BCUT2D eigenvalue weighted by Crippen LogP contribution is 2.26. The van der Waals surface area contributed by atoms with Gasteiger partial charge in [0.1, 0.15) is 6.61 Å². The lowest BCUT2D eigenvalue weighted by atomic mass is 10.2. The van der Waals surface area contributed by atoms with Crippen LogP contribution in [0.1, 0.15) is 28.7 Å². The number of halogens is 2. The van der Waals surface area contributed by atoms with E-state index in [2.05, 4.69) is 21.0 Å². The molecule has 0 amide bonds. The number of carbonyl (C=O) groups is 1. The van der Waals surface area contributed by atoms with Crippen LogP contribution in [-0.4, -0.2) is 15.7 Å². The molecule has 0 bridgehead atoms. The van der Waals surface area contributed by atoms with E-state index in [1.165, 1.54) is 0 Å². The number of aromatic nitrogens is 2. The molecule has 5 nitrogen and oxygen atoms in total. The Morgan fingerprint density at radius 2 is 2.24 bits per heavy atom. The molecule has 2 rings (SSSR count). The molecule has 21 heavy (non-hydrogen) atoms. The van der Waals surface area contributed by atoms with Gasteiger partial charge in [-0.25, -0.2) is 4.79 Å². The van der Waals surface area contributed by atoms with E-state index in [0.717, 1.165) is 5.69 Å². The number of hydrogen-bond donors (Lipinski definition) is 1. The van der Waals surface area contributed by atoms with Gasteiger partial charge in [-0.1, -0.05) is 17.7 Å². The summed E-state index contributed by atoms with van der Waals surface area (Å²) in [4.78, 5) is 12.1. The molecule has 2 aromatic rings. The Morgan fingerprint density at radius 1 is 1.52 bits per heavy atom. The average Bonchev–Trinajstić information content (AvgIpc) is 2.74. The molecule has 0 aliphatic rings. The Morgan fingerprint density at radius 3 is 2.90 bits per heavy atom. The van der Waals surface area contributed by atoms with Crippen LogP contribution in [0.4, 0.5) is 5.69 Å². The smallest absolute Gasteiger partial charge is 0.339 e. The summed E-state index contributed by atoms with van der Waals surface area (Å²) in [5, 5.41) is 4.80. The van der Waals surface area contributed by atoms with E-state index in [1.807, 2.05) is 13.8 Å². The van der Waals surface area contributed by atoms with Gasteiger partial charge in [0.2, 0.25) is 0 Å². The zero-order valence-electron chi connectivity index (χ0n) is 11.7. The second kappa shape index (κ2) is 6.49. The van der Waals surface area contributed by atoms with E-state index in [-0.39, 0.29) is 6.61 Å². The molecule has 0 unspecified atom stereocenters. The minimum absolute atomic E-state index is 0.0631. The van der Waals surface area contributed by atoms with Crippen LogP contribution in [0.2, 0.25) is 5.02 Å². The standard InChI is InChI=1S/C14H15BrClN3O2/c1-3-19-11(13(16)8(2)18-19)7-21-14(20)9-5-4-6-10(17)12(9)15/h4-6H,3,7,17H2,1-2H3. The fraction of sp³-hybridized carbons (Fsp3) is 0.286. The minimum atomic E-state index is -0.466. The maximum Gasteiger partial charge on any atom is 0.339 e. The van der Waals surface area contributed by atoms with E-state index in [4.69, 9.17) is 22.1 Å². The van der Waals surface area contributed by atoms with Crippen LogP contribution in [-0.2, 0) is 17.9 Å². The Labute approximate surface area is 136 Å². The third-order valence-electron chi connectivity index (χ3n) is 3.04. The number of ether oxygens (including phenoxy) is 1. The molecule has 7 heteroatoms. The van der Waals surface area contributed by atoms with Crippen LogP contribution in [0.3, 0.4) is 0 Å². The van der Waals surface area contributed by atoms with Crippen LogP contribution in [0.15, 0.2) is 22.7 Å². The van der Waals surface area contributed by atoms with E-state index < -0.39 is 5.97 Å². The number of rotatable bonds is 4. The Balaban J connectivity index is 2.17. The highest BCUT2D eigenvalue weighted by Gasteiger charge is 2.17. The van der Waals surface area contributed by atoms with E-state index in [0.29, 0.717) is 33.0 Å². The van der Waals surface area contributed by atoms with Crippen molar-refractivity contribution in [2.24, 2.45) is 0 Å². The fourth-order valence-electron chi connectivity index (χ4n) is 1.93. The topological polar surface area (TPSA) is 70.1 Å². The number of anilines is 1. The molecule has 0 atom stereocenters. The summed E-state index contributed by atoms with van der Waals surface area (Å²) < 4.78 is 7.57. The quantitative estimate of drug-likeness (QED) is 0.658. The van der Waals surface area contributed by atoms with Gasteiger partial charge < -0.3 is 10.5 Å². The highest BCUT2D eigenvalue weighted by molar-refractivity contribution is 9.10. The average molecular weight is 373 g/mol. The lowest BCUT2D eigenvalue weighted by Crippen LogP contribution is -2.10. The third kappa shape index (κ3) is 3.22. The van der Waals surface area contributed by atoms with E-state index in [9.17, 15) is 4.79 Å².